The number of hydrogen-bond acceptors (Lipinski definition) is 4. The van der Waals surface area contributed by atoms with Crippen molar-refractivity contribution < 1.29 is 9.32 Å². The highest BCUT2D eigenvalue weighted by Gasteiger charge is 2.15. The molecular weight excluding hydrogens is 314 g/mol. The Hall–Kier alpha value is -2.95. The van der Waals surface area contributed by atoms with Gasteiger partial charge in [-0.25, -0.2) is 0 Å². The quantitative estimate of drug-likeness (QED) is 0.622. The molecule has 25 heavy (non-hydrogen) atoms. The lowest BCUT2D eigenvalue weighted by Crippen LogP contribution is -2.11. The topological polar surface area (TPSA) is 68.0 Å². The van der Waals surface area contributed by atoms with Crippen molar-refractivity contribution >= 4 is 11.6 Å². The Kier molecular flexibility index (Phi) is 5.57. The minimum Gasteiger partial charge on any atom is -0.334 e. The second kappa shape index (κ2) is 8.24. The van der Waals surface area contributed by atoms with Crippen LogP contribution >= 0.6 is 0 Å². The normalized spacial score (nSPS) is 10.6. The van der Waals surface area contributed by atoms with Gasteiger partial charge in [0.05, 0.1) is 11.3 Å². The zero-order chi connectivity index (χ0) is 17.5. The van der Waals surface area contributed by atoms with E-state index in [0.717, 1.165) is 30.4 Å². The molecule has 0 unspecified atom stereocenters. The zero-order valence-electron chi connectivity index (χ0n) is 14.2. The first kappa shape index (κ1) is 16.9. The standard InChI is InChI=1S/C20H21N3O2/c1-2-3-5-14-18(24)21-17-13-9-8-12-16(17)20-22-19(23-25-20)15-10-6-4-7-11-15/h4,6-13H,2-3,5,14H2,1H3,(H,21,24). The Morgan fingerprint density at radius 3 is 2.60 bits per heavy atom. The molecule has 0 aliphatic carbocycles. The fourth-order valence-electron chi connectivity index (χ4n) is 2.56. The van der Waals surface area contributed by atoms with Crippen LogP contribution in [0.25, 0.3) is 22.8 Å². The van der Waals surface area contributed by atoms with E-state index in [1.807, 2.05) is 54.6 Å². The summed E-state index contributed by atoms with van der Waals surface area (Å²) in [5.41, 5.74) is 2.30. The number of carbonyl (C=O) groups excluding carboxylic acids is 1. The molecule has 0 saturated heterocycles. The minimum absolute atomic E-state index is 0.00342. The Morgan fingerprint density at radius 1 is 1.04 bits per heavy atom. The van der Waals surface area contributed by atoms with Gasteiger partial charge in [-0.3, -0.25) is 4.79 Å². The Bertz CT molecular complexity index is 828. The van der Waals surface area contributed by atoms with Gasteiger partial charge in [0.25, 0.3) is 5.89 Å². The molecule has 0 atom stereocenters. The number of amides is 1. The van der Waals surface area contributed by atoms with E-state index in [9.17, 15) is 4.79 Å². The number of anilines is 1. The first-order chi connectivity index (χ1) is 12.3. The van der Waals surface area contributed by atoms with Gasteiger partial charge in [0.1, 0.15) is 0 Å². The van der Waals surface area contributed by atoms with E-state index in [0.29, 0.717) is 23.8 Å². The highest BCUT2D eigenvalue weighted by atomic mass is 16.5. The summed E-state index contributed by atoms with van der Waals surface area (Å²) in [6.07, 6.45) is 3.55. The third kappa shape index (κ3) is 4.32. The second-order valence-electron chi connectivity index (χ2n) is 5.84. The number of rotatable bonds is 7. The van der Waals surface area contributed by atoms with Crippen molar-refractivity contribution in [2.45, 2.75) is 32.6 Å². The van der Waals surface area contributed by atoms with Gasteiger partial charge in [0.2, 0.25) is 11.7 Å². The van der Waals surface area contributed by atoms with E-state index in [1.165, 1.54) is 0 Å². The molecule has 3 aromatic rings. The van der Waals surface area contributed by atoms with Gasteiger partial charge in [-0.05, 0) is 18.6 Å². The van der Waals surface area contributed by atoms with Crippen molar-refractivity contribution in [2.75, 3.05) is 5.32 Å². The van der Waals surface area contributed by atoms with Crippen LogP contribution in [0.3, 0.4) is 0 Å². The van der Waals surface area contributed by atoms with Crippen LogP contribution in [-0.2, 0) is 4.79 Å². The number of nitrogens with zero attached hydrogens (tertiary/aromatic N) is 2. The van der Waals surface area contributed by atoms with Crippen LogP contribution in [0.15, 0.2) is 59.1 Å². The monoisotopic (exact) mass is 335 g/mol. The first-order valence-corrected chi connectivity index (χ1v) is 8.56. The number of nitrogens with one attached hydrogen (secondary N) is 1. The fraction of sp³-hybridized carbons (Fsp3) is 0.250. The van der Waals surface area contributed by atoms with Gasteiger partial charge in [-0.2, -0.15) is 4.98 Å². The molecule has 0 bridgehead atoms. The Labute approximate surface area is 147 Å². The maximum Gasteiger partial charge on any atom is 0.260 e. The van der Waals surface area contributed by atoms with Gasteiger partial charge in [0, 0.05) is 12.0 Å². The SMILES string of the molecule is CCCCCC(=O)Nc1ccccc1-c1nc(-c2ccccc2)no1. The van der Waals surface area contributed by atoms with E-state index >= 15 is 0 Å². The average molecular weight is 335 g/mol. The number of unbranched alkanes of at least 4 members (excludes halogenated alkanes) is 2. The number of carbonyl (C=O) groups is 1. The van der Waals surface area contributed by atoms with Crippen LogP contribution in [0.5, 0.6) is 0 Å². The molecule has 1 amide bonds. The molecule has 1 N–H and O–H groups in total. The summed E-state index contributed by atoms with van der Waals surface area (Å²) in [6.45, 7) is 2.12. The summed E-state index contributed by atoms with van der Waals surface area (Å²) < 4.78 is 5.41. The van der Waals surface area contributed by atoms with E-state index in [-0.39, 0.29) is 5.91 Å². The predicted octanol–water partition coefficient (Wildman–Crippen LogP) is 4.92. The van der Waals surface area contributed by atoms with Crippen molar-refractivity contribution in [3.63, 3.8) is 0 Å². The highest BCUT2D eigenvalue weighted by molar-refractivity contribution is 5.94. The van der Waals surface area contributed by atoms with E-state index in [1.54, 1.807) is 0 Å². The van der Waals surface area contributed by atoms with Gasteiger partial charge < -0.3 is 9.84 Å². The lowest BCUT2D eigenvalue weighted by atomic mass is 10.1. The van der Waals surface area contributed by atoms with Crippen molar-refractivity contribution in [3.05, 3.63) is 54.6 Å². The summed E-state index contributed by atoms with van der Waals surface area (Å²) in [4.78, 5) is 16.6. The summed E-state index contributed by atoms with van der Waals surface area (Å²) >= 11 is 0. The molecule has 5 nitrogen and oxygen atoms in total. The number of para-hydroxylation sites is 1. The van der Waals surface area contributed by atoms with Crippen LogP contribution < -0.4 is 5.32 Å². The molecule has 3 rings (SSSR count). The maximum atomic E-state index is 12.1. The van der Waals surface area contributed by atoms with Gasteiger partial charge in [0.15, 0.2) is 0 Å². The third-order valence-corrected chi connectivity index (χ3v) is 3.90. The molecule has 0 saturated carbocycles. The number of benzene rings is 2. The highest BCUT2D eigenvalue weighted by Crippen LogP contribution is 2.28. The van der Waals surface area contributed by atoms with Crippen LogP contribution in [-0.4, -0.2) is 16.0 Å². The molecule has 1 aromatic heterocycles. The lowest BCUT2D eigenvalue weighted by Gasteiger charge is -2.08. The molecule has 0 fully saturated rings. The molecule has 5 heteroatoms. The summed E-state index contributed by atoms with van der Waals surface area (Å²) in [5.74, 6) is 0.923. The zero-order valence-corrected chi connectivity index (χ0v) is 14.2. The molecule has 0 aliphatic rings. The van der Waals surface area contributed by atoms with Crippen LogP contribution in [0.1, 0.15) is 32.6 Å². The molecule has 1 heterocycles. The summed E-state index contributed by atoms with van der Waals surface area (Å²) in [7, 11) is 0. The van der Waals surface area contributed by atoms with E-state index in [2.05, 4.69) is 22.4 Å². The van der Waals surface area contributed by atoms with E-state index < -0.39 is 0 Å². The second-order valence-corrected chi connectivity index (χ2v) is 5.84. The molecule has 0 spiro atoms. The smallest absolute Gasteiger partial charge is 0.260 e. The Morgan fingerprint density at radius 2 is 1.80 bits per heavy atom. The molecule has 2 aromatic carbocycles. The van der Waals surface area contributed by atoms with Crippen molar-refractivity contribution in [3.8, 4) is 22.8 Å². The lowest BCUT2D eigenvalue weighted by molar-refractivity contribution is -0.116. The number of hydrogen-bond donors (Lipinski definition) is 1. The minimum atomic E-state index is 0.00342. The summed E-state index contributed by atoms with van der Waals surface area (Å²) in [6, 6.07) is 17.1. The molecule has 0 radical (unpaired) electrons. The van der Waals surface area contributed by atoms with Crippen LogP contribution in [0.4, 0.5) is 5.69 Å². The first-order valence-electron chi connectivity index (χ1n) is 8.56. The largest absolute Gasteiger partial charge is 0.334 e. The van der Waals surface area contributed by atoms with Crippen molar-refractivity contribution in [1.29, 1.82) is 0 Å². The van der Waals surface area contributed by atoms with Crippen LogP contribution in [0, 0.1) is 0 Å². The van der Waals surface area contributed by atoms with Gasteiger partial charge in [-0.1, -0.05) is 67.4 Å². The third-order valence-electron chi connectivity index (χ3n) is 3.90. The van der Waals surface area contributed by atoms with Crippen LogP contribution in [0.2, 0.25) is 0 Å². The molecule has 128 valence electrons. The molecule has 0 aliphatic heterocycles. The maximum absolute atomic E-state index is 12.1. The van der Waals surface area contributed by atoms with Gasteiger partial charge in [-0.15, -0.1) is 0 Å². The van der Waals surface area contributed by atoms with E-state index in [4.69, 9.17) is 4.52 Å². The number of aromatic nitrogens is 2. The Balaban J connectivity index is 1.79. The fourth-order valence-corrected chi connectivity index (χ4v) is 2.56. The van der Waals surface area contributed by atoms with Crippen molar-refractivity contribution in [1.82, 2.24) is 10.1 Å². The molecular formula is C20H21N3O2. The summed E-state index contributed by atoms with van der Waals surface area (Å²) in [5, 5.41) is 7.00. The van der Waals surface area contributed by atoms with Gasteiger partial charge >= 0.3 is 0 Å². The predicted molar refractivity (Wildman–Crippen MR) is 97.9 cm³/mol. The average Bonchev–Trinajstić information content (AvgIpc) is 3.13. The van der Waals surface area contributed by atoms with Crippen molar-refractivity contribution in [2.24, 2.45) is 0 Å².